The Bertz CT molecular complexity index is 849. The smallest absolute Gasteiger partial charge is 0.337 e. The molecule has 152 valence electrons. The van der Waals surface area contributed by atoms with Crippen LogP contribution >= 0.6 is 11.6 Å². The summed E-state index contributed by atoms with van der Waals surface area (Å²) in [4.78, 5) is 32.0. The van der Waals surface area contributed by atoms with Gasteiger partial charge < -0.3 is 14.8 Å². The van der Waals surface area contributed by atoms with Crippen LogP contribution < -0.4 is 5.32 Å². The predicted octanol–water partition coefficient (Wildman–Crippen LogP) is 4.38. The van der Waals surface area contributed by atoms with Crippen LogP contribution in [0.3, 0.4) is 0 Å². The summed E-state index contributed by atoms with van der Waals surface area (Å²) in [6.07, 6.45) is 2.92. The lowest BCUT2D eigenvalue weighted by Crippen LogP contribution is -2.23. The normalized spacial score (nSPS) is 11.3. The number of rotatable bonds is 8. The van der Waals surface area contributed by atoms with Crippen LogP contribution in [0.4, 0.5) is 5.82 Å². The number of hydrogen-bond acceptors (Lipinski definition) is 7. The molecule has 0 amide bonds. The highest BCUT2D eigenvalue weighted by Gasteiger charge is 2.15. The number of carbonyl (C=O) groups excluding carboxylic acids is 2. The molecule has 0 unspecified atom stereocenters. The fraction of sp³-hybridized carbons (Fsp3) is 0.500. The van der Waals surface area contributed by atoms with Crippen LogP contribution in [0, 0.1) is 0 Å². The van der Waals surface area contributed by atoms with Gasteiger partial charge in [0.2, 0.25) is 0 Å². The first kappa shape index (κ1) is 21.9. The van der Waals surface area contributed by atoms with E-state index < -0.39 is 11.6 Å². The van der Waals surface area contributed by atoms with Gasteiger partial charge in [0.25, 0.3) is 0 Å². The van der Waals surface area contributed by atoms with Gasteiger partial charge in [-0.15, -0.1) is 0 Å². The van der Waals surface area contributed by atoms with Gasteiger partial charge in [-0.05, 0) is 51.8 Å². The summed E-state index contributed by atoms with van der Waals surface area (Å²) < 4.78 is 9.98. The van der Waals surface area contributed by atoms with E-state index >= 15 is 0 Å². The number of carbonyl (C=O) groups is 2. The monoisotopic (exact) mass is 407 g/mol. The van der Waals surface area contributed by atoms with E-state index in [-0.39, 0.29) is 11.1 Å². The van der Waals surface area contributed by atoms with Crippen molar-refractivity contribution in [2.24, 2.45) is 0 Å². The second-order valence-corrected chi connectivity index (χ2v) is 7.74. The molecule has 0 aliphatic rings. The number of hydrogen-bond donors (Lipinski definition) is 1. The molecule has 0 bridgehead atoms. The molecule has 0 spiro atoms. The fourth-order valence-electron chi connectivity index (χ4n) is 2.56. The number of benzene rings is 1. The minimum atomic E-state index is -0.443. The number of halogens is 1. The lowest BCUT2D eigenvalue weighted by molar-refractivity contribution is -0.154. The highest BCUT2D eigenvalue weighted by molar-refractivity contribution is 6.32. The Kier molecular flexibility index (Phi) is 7.57. The average molecular weight is 408 g/mol. The van der Waals surface area contributed by atoms with Crippen LogP contribution in [-0.2, 0) is 14.3 Å². The van der Waals surface area contributed by atoms with Gasteiger partial charge in [-0.25, -0.2) is 14.8 Å². The van der Waals surface area contributed by atoms with E-state index in [1.807, 2.05) is 20.8 Å². The molecule has 1 aromatic carbocycles. The van der Waals surface area contributed by atoms with Crippen molar-refractivity contribution in [2.75, 3.05) is 19.0 Å². The zero-order chi connectivity index (χ0) is 20.7. The molecule has 1 N–H and O–H groups in total. The lowest BCUT2D eigenvalue weighted by atomic mass is 10.1. The third-order valence-electron chi connectivity index (χ3n) is 3.81. The topological polar surface area (TPSA) is 90.4 Å². The minimum Gasteiger partial charge on any atom is -0.465 e. The van der Waals surface area contributed by atoms with Gasteiger partial charge in [0.1, 0.15) is 5.60 Å². The molecule has 0 saturated heterocycles. The summed E-state index contributed by atoms with van der Waals surface area (Å²) in [5.41, 5.74) is 1.10. The molecule has 0 aliphatic carbocycles. The molecule has 0 radical (unpaired) electrons. The summed E-state index contributed by atoms with van der Waals surface area (Å²) in [6, 6.07) is 4.94. The molecular weight excluding hydrogens is 382 g/mol. The van der Waals surface area contributed by atoms with Crippen LogP contribution in [0.2, 0.25) is 5.15 Å². The Hall–Kier alpha value is -2.41. The largest absolute Gasteiger partial charge is 0.465 e. The number of aromatic nitrogens is 2. The van der Waals surface area contributed by atoms with Gasteiger partial charge in [0.05, 0.1) is 23.7 Å². The maximum atomic E-state index is 11.7. The number of esters is 2. The molecule has 1 heterocycles. The van der Waals surface area contributed by atoms with Crippen molar-refractivity contribution >= 4 is 40.4 Å². The molecule has 2 aromatic rings. The van der Waals surface area contributed by atoms with Crippen molar-refractivity contribution in [3.05, 3.63) is 28.9 Å². The van der Waals surface area contributed by atoms with Crippen LogP contribution in [0.1, 0.15) is 56.8 Å². The average Bonchev–Trinajstić information content (AvgIpc) is 2.62. The molecule has 8 heteroatoms. The van der Waals surface area contributed by atoms with Gasteiger partial charge in [-0.3, -0.25) is 4.79 Å². The summed E-state index contributed by atoms with van der Waals surface area (Å²) >= 11 is 6.20. The summed E-state index contributed by atoms with van der Waals surface area (Å²) in [6.45, 7) is 6.24. The molecular formula is C20H26ClN3O4. The predicted molar refractivity (Wildman–Crippen MR) is 109 cm³/mol. The summed E-state index contributed by atoms with van der Waals surface area (Å²) in [5.74, 6) is -0.115. The van der Waals surface area contributed by atoms with Crippen molar-refractivity contribution in [3.63, 3.8) is 0 Å². The first-order valence-electron chi connectivity index (χ1n) is 9.21. The number of unbranched alkanes of at least 4 members (excludes halogenated alkanes) is 2. The molecule has 28 heavy (non-hydrogen) atoms. The van der Waals surface area contributed by atoms with Crippen LogP contribution in [0.15, 0.2) is 18.2 Å². The van der Waals surface area contributed by atoms with Crippen molar-refractivity contribution in [1.29, 1.82) is 0 Å². The number of anilines is 1. The molecule has 7 nitrogen and oxygen atoms in total. The van der Waals surface area contributed by atoms with E-state index in [9.17, 15) is 9.59 Å². The van der Waals surface area contributed by atoms with Crippen molar-refractivity contribution in [1.82, 2.24) is 9.97 Å². The van der Waals surface area contributed by atoms with Crippen LogP contribution in [0.25, 0.3) is 11.0 Å². The highest BCUT2D eigenvalue weighted by atomic mass is 35.5. The SMILES string of the molecule is COC(=O)c1ccc2nc(NCCCCCC(=O)OC(C)(C)C)c(Cl)nc2c1. The van der Waals surface area contributed by atoms with Crippen molar-refractivity contribution in [2.45, 2.75) is 52.1 Å². The summed E-state index contributed by atoms with van der Waals surface area (Å²) in [5, 5.41) is 3.41. The van der Waals surface area contributed by atoms with E-state index in [4.69, 9.17) is 21.1 Å². The van der Waals surface area contributed by atoms with E-state index in [0.29, 0.717) is 35.4 Å². The second-order valence-electron chi connectivity index (χ2n) is 7.38. The van der Waals surface area contributed by atoms with Gasteiger partial charge in [-0.2, -0.15) is 0 Å². The van der Waals surface area contributed by atoms with E-state index in [0.717, 1.165) is 19.3 Å². The second kappa shape index (κ2) is 9.68. The number of ether oxygens (including phenoxy) is 2. The molecule has 0 atom stereocenters. The molecule has 1 aromatic heterocycles. The highest BCUT2D eigenvalue weighted by Crippen LogP contribution is 2.22. The fourth-order valence-corrected chi connectivity index (χ4v) is 2.76. The zero-order valence-electron chi connectivity index (χ0n) is 16.7. The van der Waals surface area contributed by atoms with Crippen molar-refractivity contribution in [3.8, 4) is 0 Å². The van der Waals surface area contributed by atoms with Crippen LogP contribution in [-0.4, -0.2) is 41.2 Å². The zero-order valence-corrected chi connectivity index (χ0v) is 17.4. The van der Waals surface area contributed by atoms with Gasteiger partial charge in [-0.1, -0.05) is 18.0 Å². The quantitative estimate of drug-likeness (QED) is 0.512. The van der Waals surface area contributed by atoms with Crippen molar-refractivity contribution < 1.29 is 19.1 Å². The number of methoxy groups -OCH3 is 1. The maximum Gasteiger partial charge on any atom is 0.337 e. The summed E-state index contributed by atoms with van der Waals surface area (Å²) in [7, 11) is 1.33. The standard InChI is InChI=1S/C20H26ClN3O4/c1-20(2,3)28-16(25)8-6-5-7-11-22-18-17(21)23-15-12-13(19(26)27-4)9-10-14(15)24-18/h9-10,12H,5-8,11H2,1-4H3,(H,22,24). The van der Waals surface area contributed by atoms with E-state index in [1.165, 1.54) is 7.11 Å². The van der Waals surface area contributed by atoms with E-state index in [1.54, 1.807) is 18.2 Å². The Balaban J connectivity index is 1.83. The minimum absolute atomic E-state index is 0.171. The Labute approximate surface area is 169 Å². The number of nitrogens with zero attached hydrogens (tertiary/aromatic N) is 2. The maximum absolute atomic E-state index is 11.7. The Morgan fingerprint density at radius 1 is 1.11 bits per heavy atom. The molecule has 2 rings (SSSR count). The van der Waals surface area contributed by atoms with Gasteiger partial charge in [0, 0.05) is 13.0 Å². The number of nitrogens with one attached hydrogen (secondary N) is 1. The third-order valence-corrected chi connectivity index (χ3v) is 4.08. The Morgan fingerprint density at radius 2 is 1.86 bits per heavy atom. The third kappa shape index (κ3) is 6.64. The first-order chi connectivity index (χ1) is 13.2. The molecule has 0 fully saturated rings. The van der Waals surface area contributed by atoms with E-state index in [2.05, 4.69) is 15.3 Å². The lowest BCUT2D eigenvalue weighted by Gasteiger charge is -2.19. The van der Waals surface area contributed by atoms with Gasteiger partial charge >= 0.3 is 11.9 Å². The first-order valence-corrected chi connectivity index (χ1v) is 9.59. The Morgan fingerprint density at radius 3 is 2.54 bits per heavy atom. The van der Waals surface area contributed by atoms with Crippen LogP contribution in [0.5, 0.6) is 0 Å². The van der Waals surface area contributed by atoms with Gasteiger partial charge in [0.15, 0.2) is 11.0 Å². The molecule has 0 aliphatic heterocycles. The molecule has 0 saturated carbocycles. The number of fused-ring (bicyclic) bond motifs is 1.